The topological polar surface area (TPSA) is 24.5 Å². The van der Waals surface area contributed by atoms with Gasteiger partial charge in [-0.2, -0.15) is 0 Å². The molecule has 1 aliphatic heterocycles. The molecule has 0 atom stereocenters. The lowest BCUT2D eigenvalue weighted by molar-refractivity contribution is 0.0756. The lowest BCUT2D eigenvalue weighted by atomic mass is 10.00. The molecular weight excluding hydrogens is 200 g/mol. The quantitative estimate of drug-likeness (QED) is 0.751. The van der Waals surface area contributed by atoms with Crippen molar-refractivity contribution in [1.29, 1.82) is 0 Å². The van der Waals surface area contributed by atoms with Crippen molar-refractivity contribution in [3.05, 3.63) is 0 Å². The van der Waals surface area contributed by atoms with Crippen molar-refractivity contribution in [2.75, 3.05) is 33.4 Å². The molecule has 0 unspecified atom stereocenters. The van der Waals surface area contributed by atoms with Crippen molar-refractivity contribution in [2.45, 2.75) is 51.6 Å². The molecule has 1 aliphatic rings. The minimum absolute atomic E-state index is 0.317. The normalized spacial score (nSPS) is 19.3. The maximum Gasteiger partial charge on any atom is 0.0480 e. The zero-order chi connectivity index (χ0) is 12.0. The van der Waals surface area contributed by atoms with Gasteiger partial charge in [0.05, 0.1) is 0 Å². The van der Waals surface area contributed by atoms with Crippen molar-refractivity contribution >= 4 is 0 Å². The number of nitrogens with zero attached hydrogens (tertiary/aromatic N) is 1. The van der Waals surface area contributed by atoms with E-state index in [2.05, 4.69) is 38.0 Å². The van der Waals surface area contributed by atoms with E-state index < -0.39 is 0 Å². The van der Waals surface area contributed by atoms with Gasteiger partial charge in [0, 0.05) is 37.9 Å². The summed E-state index contributed by atoms with van der Waals surface area (Å²) >= 11 is 0. The summed E-state index contributed by atoms with van der Waals surface area (Å²) in [6.45, 7) is 10.9. The van der Waals surface area contributed by atoms with Crippen LogP contribution in [0.15, 0.2) is 0 Å². The Hall–Kier alpha value is -0.120. The maximum atomic E-state index is 5.35. The summed E-state index contributed by atoms with van der Waals surface area (Å²) in [4.78, 5) is 2.44. The Morgan fingerprint density at radius 2 is 1.94 bits per heavy atom. The molecule has 0 spiro atoms. The van der Waals surface area contributed by atoms with E-state index in [0.717, 1.165) is 26.3 Å². The zero-order valence-electron chi connectivity index (χ0n) is 11.4. The largest absolute Gasteiger partial charge is 0.381 e. The smallest absolute Gasteiger partial charge is 0.0480 e. The van der Waals surface area contributed by atoms with E-state index in [9.17, 15) is 0 Å². The number of hydrogen-bond acceptors (Lipinski definition) is 3. The molecule has 3 heteroatoms. The Morgan fingerprint density at radius 1 is 1.31 bits per heavy atom. The molecule has 0 bridgehead atoms. The third-order valence-electron chi connectivity index (χ3n) is 4.00. The third-order valence-corrected chi connectivity index (χ3v) is 4.00. The maximum absolute atomic E-state index is 5.35. The number of rotatable bonds is 6. The summed E-state index contributed by atoms with van der Waals surface area (Å²) in [6.07, 6.45) is 3.53. The highest BCUT2D eigenvalue weighted by molar-refractivity contribution is 4.78. The SMILES string of the molecule is CCC(C)(C)N(C)CCNC1CCOCC1. The summed E-state index contributed by atoms with van der Waals surface area (Å²) in [7, 11) is 2.22. The van der Waals surface area contributed by atoms with Gasteiger partial charge in [0.15, 0.2) is 0 Å². The van der Waals surface area contributed by atoms with Crippen molar-refractivity contribution in [3.8, 4) is 0 Å². The fourth-order valence-corrected chi connectivity index (χ4v) is 1.91. The van der Waals surface area contributed by atoms with Crippen LogP contribution in [0.4, 0.5) is 0 Å². The van der Waals surface area contributed by atoms with Crippen LogP contribution >= 0.6 is 0 Å². The van der Waals surface area contributed by atoms with E-state index in [-0.39, 0.29) is 0 Å². The first kappa shape index (κ1) is 13.9. The predicted molar refractivity (Wildman–Crippen MR) is 68.8 cm³/mol. The Kier molecular flexibility index (Phi) is 5.73. The van der Waals surface area contributed by atoms with Crippen LogP contribution in [0.5, 0.6) is 0 Å². The highest BCUT2D eigenvalue weighted by atomic mass is 16.5. The molecule has 1 saturated heterocycles. The van der Waals surface area contributed by atoms with E-state index in [1.165, 1.54) is 19.3 Å². The van der Waals surface area contributed by atoms with Crippen molar-refractivity contribution < 1.29 is 4.74 Å². The van der Waals surface area contributed by atoms with Gasteiger partial charge in [-0.1, -0.05) is 6.92 Å². The van der Waals surface area contributed by atoms with E-state index in [1.807, 2.05) is 0 Å². The lowest BCUT2D eigenvalue weighted by Crippen LogP contribution is -2.45. The van der Waals surface area contributed by atoms with Gasteiger partial charge in [0.1, 0.15) is 0 Å². The highest BCUT2D eigenvalue weighted by Gasteiger charge is 2.20. The predicted octanol–water partition coefficient (Wildman–Crippen LogP) is 1.88. The number of nitrogens with one attached hydrogen (secondary N) is 1. The van der Waals surface area contributed by atoms with Gasteiger partial charge < -0.3 is 10.1 Å². The molecule has 0 aromatic carbocycles. The summed E-state index contributed by atoms with van der Waals surface area (Å²) in [5, 5.41) is 3.63. The van der Waals surface area contributed by atoms with E-state index in [1.54, 1.807) is 0 Å². The summed E-state index contributed by atoms with van der Waals surface area (Å²) < 4.78 is 5.35. The lowest BCUT2D eigenvalue weighted by Gasteiger charge is -2.35. The second kappa shape index (κ2) is 6.58. The molecule has 3 nitrogen and oxygen atoms in total. The Labute approximate surface area is 101 Å². The van der Waals surface area contributed by atoms with Crippen molar-refractivity contribution in [1.82, 2.24) is 10.2 Å². The van der Waals surface area contributed by atoms with Gasteiger partial charge in [-0.05, 0) is 40.2 Å². The minimum Gasteiger partial charge on any atom is -0.381 e. The highest BCUT2D eigenvalue weighted by Crippen LogP contribution is 2.15. The third kappa shape index (κ3) is 4.40. The van der Waals surface area contributed by atoms with Crippen LogP contribution in [-0.2, 0) is 4.74 Å². The second-order valence-corrected chi connectivity index (χ2v) is 5.43. The first-order chi connectivity index (χ1) is 7.56. The van der Waals surface area contributed by atoms with Gasteiger partial charge in [-0.15, -0.1) is 0 Å². The average Bonchev–Trinajstić information content (AvgIpc) is 2.30. The van der Waals surface area contributed by atoms with Crippen LogP contribution in [0.2, 0.25) is 0 Å². The molecule has 1 heterocycles. The Bertz CT molecular complexity index is 188. The van der Waals surface area contributed by atoms with Gasteiger partial charge in [-0.25, -0.2) is 0 Å². The minimum atomic E-state index is 0.317. The standard InChI is InChI=1S/C13H28N2O/c1-5-13(2,3)15(4)9-8-14-12-6-10-16-11-7-12/h12,14H,5-11H2,1-4H3. The number of likely N-dealkylation sites (N-methyl/N-ethyl adjacent to an activating group) is 1. The zero-order valence-corrected chi connectivity index (χ0v) is 11.4. The summed E-state index contributed by atoms with van der Waals surface area (Å²) in [5.41, 5.74) is 0.317. The molecule has 0 amide bonds. The fraction of sp³-hybridized carbons (Fsp3) is 1.00. The van der Waals surface area contributed by atoms with Crippen molar-refractivity contribution in [2.24, 2.45) is 0 Å². The molecule has 0 aromatic rings. The molecule has 1 rings (SSSR count). The van der Waals surface area contributed by atoms with Gasteiger partial charge >= 0.3 is 0 Å². The van der Waals surface area contributed by atoms with E-state index in [4.69, 9.17) is 4.74 Å². The molecular formula is C13H28N2O. The monoisotopic (exact) mass is 228 g/mol. The molecule has 16 heavy (non-hydrogen) atoms. The molecule has 1 N–H and O–H groups in total. The first-order valence-corrected chi connectivity index (χ1v) is 6.58. The van der Waals surface area contributed by atoms with Crippen LogP contribution in [0.25, 0.3) is 0 Å². The average molecular weight is 228 g/mol. The van der Waals surface area contributed by atoms with Gasteiger partial charge in [0.25, 0.3) is 0 Å². The second-order valence-electron chi connectivity index (χ2n) is 5.43. The van der Waals surface area contributed by atoms with Gasteiger partial charge in [0.2, 0.25) is 0 Å². The van der Waals surface area contributed by atoms with Crippen molar-refractivity contribution in [3.63, 3.8) is 0 Å². The molecule has 0 radical (unpaired) electrons. The number of ether oxygens (including phenoxy) is 1. The first-order valence-electron chi connectivity index (χ1n) is 6.58. The van der Waals surface area contributed by atoms with Crippen LogP contribution in [0.3, 0.4) is 0 Å². The summed E-state index contributed by atoms with van der Waals surface area (Å²) in [5.74, 6) is 0. The molecule has 0 aliphatic carbocycles. The van der Waals surface area contributed by atoms with Crippen LogP contribution in [0.1, 0.15) is 40.0 Å². The van der Waals surface area contributed by atoms with E-state index in [0.29, 0.717) is 11.6 Å². The van der Waals surface area contributed by atoms with Crippen LogP contribution in [0, 0.1) is 0 Å². The molecule has 0 aromatic heterocycles. The fourth-order valence-electron chi connectivity index (χ4n) is 1.91. The molecule has 0 saturated carbocycles. The molecule has 96 valence electrons. The van der Waals surface area contributed by atoms with Gasteiger partial charge in [-0.3, -0.25) is 4.90 Å². The Morgan fingerprint density at radius 3 is 2.50 bits per heavy atom. The Balaban J connectivity index is 2.14. The number of hydrogen-bond donors (Lipinski definition) is 1. The summed E-state index contributed by atoms with van der Waals surface area (Å²) in [6, 6.07) is 0.673. The van der Waals surface area contributed by atoms with E-state index >= 15 is 0 Å². The van der Waals surface area contributed by atoms with Crippen LogP contribution < -0.4 is 5.32 Å². The molecule has 1 fully saturated rings. The van der Waals surface area contributed by atoms with Crippen LogP contribution in [-0.4, -0.2) is 49.8 Å².